The van der Waals surface area contributed by atoms with Gasteiger partial charge in [0.15, 0.2) is 5.78 Å². The molecular formula is C11H18N2O3. The third-order valence-corrected chi connectivity index (χ3v) is 1.98. The Balaban J connectivity index is 4.45. The summed E-state index contributed by atoms with van der Waals surface area (Å²) in [4.78, 5) is 24.2. The van der Waals surface area contributed by atoms with E-state index in [0.29, 0.717) is 0 Å². The van der Waals surface area contributed by atoms with Gasteiger partial charge in [-0.1, -0.05) is 0 Å². The van der Waals surface area contributed by atoms with Gasteiger partial charge in [0.1, 0.15) is 5.60 Å². The molecule has 5 nitrogen and oxygen atoms in total. The first-order valence-corrected chi connectivity index (χ1v) is 5.04. The average molecular weight is 226 g/mol. The first-order chi connectivity index (χ1) is 7.19. The van der Waals surface area contributed by atoms with E-state index in [1.165, 1.54) is 11.9 Å². The van der Waals surface area contributed by atoms with Gasteiger partial charge in [-0.25, -0.2) is 4.79 Å². The highest BCUT2D eigenvalue weighted by Crippen LogP contribution is 2.11. The predicted octanol–water partition coefficient (Wildman–Crippen LogP) is 1.72. The molecule has 0 aliphatic carbocycles. The van der Waals surface area contributed by atoms with Crippen LogP contribution in [0.3, 0.4) is 0 Å². The lowest BCUT2D eigenvalue weighted by molar-refractivity contribution is -0.122. The van der Waals surface area contributed by atoms with E-state index in [2.05, 4.69) is 0 Å². The molecule has 0 heterocycles. The van der Waals surface area contributed by atoms with Gasteiger partial charge in [0, 0.05) is 7.05 Å². The van der Waals surface area contributed by atoms with Crippen LogP contribution in [0.25, 0.3) is 0 Å². The van der Waals surface area contributed by atoms with Crippen molar-refractivity contribution >= 4 is 11.9 Å². The molecule has 90 valence electrons. The van der Waals surface area contributed by atoms with Crippen LogP contribution in [0.1, 0.15) is 34.1 Å². The van der Waals surface area contributed by atoms with Crippen molar-refractivity contribution in [2.45, 2.75) is 45.8 Å². The van der Waals surface area contributed by atoms with Crippen molar-refractivity contribution in [3.8, 4) is 6.07 Å². The van der Waals surface area contributed by atoms with Crippen molar-refractivity contribution in [2.24, 2.45) is 0 Å². The summed E-state index contributed by atoms with van der Waals surface area (Å²) in [5, 5.41) is 8.39. The second kappa shape index (κ2) is 5.50. The zero-order valence-electron chi connectivity index (χ0n) is 10.4. The number of likely N-dealkylation sites (N-methyl/N-ethyl adjacent to an activating group) is 1. The fraction of sp³-hybridized carbons (Fsp3) is 0.727. The van der Waals surface area contributed by atoms with Crippen LogP contribution in [0.4, 0.5) is 4.79 Å². The Kier molecular flexibility index (Phi) is 4.96. The van der Waals surface area contributed by atoms with Gasteiger partial charge in [-0.15, -0.1) is 0 Å². The molecule has 0 saturated carbocycles. The maximum absolute atomic E-state index is 11.6. The summed E-state index contributed by atoms with van der Waals surface area (Å²) >= 11 is 0. The molecule has 0 aliphatic rings. The quantitative estimate of drug-likeness (QED) is 0.734. The highest BCUT2D eigenvalue weighted by atomic mass is 16.6. The van der Waals surface area contributed by atoms with E-state index in [1.807, 2.05) is 0 Å². The Bertz CT molecular complexity index is 312. The van der Waals surface area contributed by atoms with Crippen LogP contribution in [-0.2, 0) is 9.53 Å². The van der Waals surface area contributed by atoms with Gasteiger partial charge in [-0.05, 0) is 27.7 Å². The van der Waals surface area contributed by atoms with E-state index in [9.17, 15) is 9.59 Å². The third-order valence-electron chi connectivity index (χ3n) is 1.98. The molecule has 5 heteroatoms. The molecule has 1 amide bonds. The SMILES string of the molecule is C[C@@H](C(=O)CC#N)N(C)C(=O)OC(C)(C)C. The van der Waals surface area contributed by atoms with E-state index in [4.69, 9.17) is 10.00 Å². The van der Waals surface area contributed by atoms with Crippen molar-refractivity contribution in [3.63, 3.8) is 0 Å². The second-order valence-electron chi connectivity index (χ2n) is 4.57. The lowest BCUT2D eigenvalue weighted by Gasteiger charge is -2.27. The second-order valence-corrected chi connectivity index (χ2v) is 4.57. The predicted molar refractivity (Wildman–Crippen MR) is 58.7 cm³/mol. The van der Waals surface area contributed by atoms with Gasteiger partial charge in [0.2, 0.25) is 0 Å². The van der Waals surface area contributed by atoms with Crippen LogP contribution in [-0.4, -0.2) is 35.5 Å². The summed E-state index contributed by atoms with van der Waals surface area (Å²) in [5.74, 6) is -0.296. The molecule has 0 aromatic carbocycles. The number of rotatable bonds is 3. The molecule has 0 saturated heterocycles. The number of carbonyl (C=O) groups excluding carboxylic acids is 2. The Morgan fingerprint density at radius 1 is 1.44 bits per heavy atom. The van der Waals surface area contributed by atoms with Crippen LogP contribution in [0.2, 0.25) is 0 Å². The highest BCUT2D eigenvalue weighted by Gasteiger charge is 2.26. The minimum atomic E-state index is -0.644. The number of Topliss-reactive ketones (excluding diaryl/α,β-unsaturated/α-hetero) is 1. The lowest BCUT2D eigenvalue weighted by atomic mass is 10.1. The summed E-state index contributed by atoms with van der Waals surface area (Å²) in [6.07, 6.45) is -0.764. The summed E-state index contributed by atoms with van der Waals surface area (Å²) in [5.41, 5.74) is -0.594. The van der Waals surface area contributed by atoms with Gasteiger partial charge < -0.3 is 9.64 Å². The van der Waals surface area contributed by atoms with Gasteiger partial charge in [-0.2, -0.15) is 5.26 Å². The van der Waals surface area contributed by atoms with Crippen molar-refractivity contribution in [1.29, 1.82) is 5.26 Å². The van der Waals surface area contributed by atoms with Gasteiger partial charge in [0.05, 0.1) is 18.5 Å². The molecule has 16 heavy (non-hydrogen) atoms. The molecule has 0 aromatic rings. The minimum absolute atomic E-state index is 0.200. The monoisotopic (exact) mass is 226 g/mol. The fourth-order valence-electron chi connectivity index (χ4n) is 0.934. The number of amides is 1. The number of carbonyl (C=O) groups is 2. The average Bonchev–Trinajstić information content (AvgIpc) is 2.13. The number of hydrogen-bond acceptors (Lipinski definition) is 4. The summed E-state index contributed by atoms with van der Waals surface area (Å²) < 4.78 is 5.10. The smallest absolute Gasteiger partial charge is 0.410 e. The molecule has 0 rings (SSSR count). The number of ether oxygens (including phenoxy) is 1. The minimum Gasteiger partial charge on any atom is -0.444 e. The molecule has 0 radical (unpaired) electrons. The molecule has 1 atom stereocenters. The maximum Gasteiger partial charge on any atom is 0.410 e. The zero-order chi connectivity index (χ0) is 12.9. The first kappa shape index (κ1) is 14.4. The van der Waals surface area contributed by atoms with Gasteiger partial charge in [0.25, 0.3) is 0 Å². The molecule has 0 fully saturated rings. The molecule has 0 bridgehead atoms. The van der Waals surface area contributed by atoms with E-state index in [0.717, 1.165) is 0 Å². The maximum atomic E-state index is 11.6. The van der Waals surface area contributed by atoms with Crippen molar-refractivity contribution in [1.82, 2.24) is 4.90 Å². The number of nitriles is 1. The molecule has 0 N–H and O–H groups in total. The summed E-state index contributed by atoms with van der Waals surface area (Å²) in [7, 11) is 1.48. The topological polar surface area (TPSA) is 70.4 Å². The Labute approximate surface area is 96.0 Å². The van der Waals surface area contributed by atoms with Crippen molar-refractivity contribution in [2.75, 3.05) is 7.05 Å². The Hall–Kier alpha value is -1.57. The molecule has 0 unspecified atom stereocenters. The van der Waals surface area contributed by atoms with Crippen LogP contribution in [0, 0.1) is 11.3 Å². The van der Waals surface area contributed by atoms with Crippen molar-refractivity contribution in [3.05, 3.63) is 0 Å². The standard InChI is InChI=1S/C11H18N2O3/c1-8(9(14)6-7-12)13(5)10(15)16-11(2,3)4/h8H,6H2,1-5H3/t8-/m0/s1. The van der Waals surface area contributed by atoms with E-state index in [-0.39, 0.29) is 12.2 Å². The first-order valence-electron chi connectivity index (χ1n) is 5.04. The molecule has 0 spiro atoms. The molecular weight excluding hydrogens is 208 g/mol. The van der Waals surface area contributed by atoms with E-state index < -0.39 is 17.7 Å². The van der Waals surface area contributed by atoms with Gasteiger partial charge in [-0.3, -0.25) is 4.79 Å². The Morgan fingerprint density at radius 2 is 1.94 bits per heavy atom. The number of ketones is 1. The zero-order valence-corrected chi connectivity index (χ0v) is 10.4. The van der Waals surface area contributed by atoms with E-state index >= 15 is 0 Å². The molecule has 0 aromatic heterocycles. The van der Waals surface area contributed by atoms with Gasteiger partial charge >= 0.3 is 6.09 Å². The number of nitrogens with zero attached hydrogens (tertiary/aromatic N) is 2. The van der Waals surface area contributed by atoms with Crippen LogP contribution < -0.4 is 0 Å². The fourth-order valence-corrected chi connectivity index (χ4v) is 0.934. The lowest BCUT2D eigenvalue weighted by Crippen LogP contribution is -2.43. The van der Waals surface area contributed by atoms with Crippen molar-refractivity contribution < 1.29 is 14.3 Å². The Morgan fingerprint density at radius 3 is 2.31 bits per heavy atom. The summed E-state index contributed by atoms with van der Waals surface area (Å²) in [6.45, 7) is 6.82. The summed E-state index contributed by atoms with van der Waals surface area (Å²) in [6, 6.07) is 1.12. The largest absolute Gasteiger partial charge is 0.444 e. The van der Waals surface area contributed by atoms with E-state index in [1.54, 1.807) is 33.8 Å². The highest BCUT2D eigenvalue weighted by molar-refractivity contribution is 5.88. The van der Waals surface area contributed by atoms with Crippen LogP contribution >= 0.6 is 0 Å². The van der Waals surface area contributed by atoms with Crippen LogP contribution in [0.15, 0.2) is 0 Å². The number of hydrogen-bond donors (Lipinski definition) is 0. The molecule has 0 aliphatic heterocycles. The van der Waals surface area contributed by atoms with Crippen LogP contribution in [0.5, 0.6) is 0 Å². The third kappa shape index (κ3) is 4.78. The normalized spacial score (nSPS) is 12.5.